The number of rotatable bonds is 2. The topological polar surface area (TPSA) is 66.3 Å². The summed E-state index contributed by atoms with van der Waals surface area (Å²) in [4.78, 5) is 12.4. The largest absolute Gasteiger partial charge is 0.394 e. The lowest BCUT2D eigenvalue weighted by Gasteiger charge is -2.05. The molecule has 4 heteroatoms. The second-order valence-corrected chi connectivity index (χ2v) is 2.11. The number of aliphatic hydroxyl groups is 1. The Kier molecular flexibility index (Phi) is 1.68. The highest BCUT2D eigenvalue weighted by Gasteiger charge is 2.27. The van der Waals surface area contributed by atoms with Crippen LogP contribution in [-0.4, -0.2) is 41.7 Å². The SMILES string of the molecule is NC(CO)C(=O)N1CC1. The molecule has 1 heterocycles. The molecule has 1 rings (SSSR count). The molecule has 0 aromatic heterocycles. The Morgan fingerprint density at radius 2 is 2.33 bits per heavy atom. The maximum atomic E-state index is 10.8. The highest BCUT2D eigenvalue weighted by Crippen LogP contribution is 2.04. The normalized spacial score (nSPS) is 19.6. The second-order valence-electron chi connectivity index (χ2n) is 2.11. The van der Waals surface area contributed by atoms with E-state index < -0.39 is 6.04 Å². The molecule has 0 saturated carbocycles. The van der Waals surface area contributed by atoms with Crippen molar-refractivity contribution in [1.82, 2.24) is 4.90 Å². The third-order valence-corrected chi connectivity index (χ3v) is 1.27. The quantitative estimate of drug-likeness (QED) is 0.431. The summed E-state index contributed by atoms with van der Waals surface area (Å²) in [6.45, 7) is 1.34. The van der Waals surface area contributed by atoms with E-state index in [0.29, 0.717) is 0 Å². The maximum Gasteiger partial charge on any atom is 0.241 e. The van der Waals surface area contributed by atoms with Gasteiger partial charge in [-0.3, -0.25) is 4.79 Å². The molecule has 0 bridgehead atoms. The summed E-state index contributed by atoms with van der Waals surface area (Å²) in [5.74, 6) is -0.141. The summed E-state index contributed by atoms with van der Waals surface area (Å²) in [5, 5.41) is 8.41. The number of nitrogens with two attached hydrogens (primary N) is 1. The number of carbonyl (C=O) groups is 1. The number of hydrogen-bond donors (Lipinski definition) is 2. The van der Waals surface area contributed by atoms with Gasteiger partial charge in [0.05, 0.1) is 6.61 Å². The minimum atomic E-state index is -0.701. The van der Waals surface area contributed by atoms with Crippen molar-refractivity contribution in [2.75, 3.05) is 19.7 Å². The molecule has 0 aliphatic carbocycles. The molecule has 3 N–H and O–H groups in total. The molecule has 1 unspecified atom stereocenters. The zero-order valence-electron chi connectivity index (χ0n) is 5.08. The molecule has 1 amide bonds. The Labute approximate surface area is 53.2 Å². The van der Waals surface area contributed by atoms with E-state index in [1.54, 1.807) is 4.90 Å². The van der Waals surface area contributed by atoms with Gasteiger partial charge in [-0.2, -0.15) is 0 Å². The summed E-state index contributed by atoms with van der Waals surface area (Å²) < 4.78 is 0. The Morgan fingerprint density at radius 1 is 1.78 bits per heavy atom. The van der Waals surface area contributed by atoms with Crippen molar-refractivity contribution in [3.8, 4) is 0 Å². The van der Waals surface area contributed by atoms with Gasteiger partial charge in [0.25, 0.3) is 0 Å². The van der Waals surface area contributed by atoms with Gasteiger partial charge in [0, 0.05) is 13.1 Å². The molecule has 9 heavy (non-hydrogen) atoms. The minimum Gasteiger partial charge on any atom is -0.394 e. The van der Waals surface area contributed by atoms with E-state index >= 15 is 0 Å². The predicted octanol–water partition coefficient (Wildman–Crippen LogP) is -1.85. The Bertz CT molecular complexity index is 122. The van der Waals surface area contributed by atoms with Crippen LogP contribution >= 0.6 is 0 Å². The molecule has 0 spiro atoms. The van der Waals surface area contributed by atoms with Gasteiger partial charge in [-0.1, -0.05) is 0 Å². The number of nitrogens with zero attached hydrogens (tertiary/aromatic N) is 1. The molecule has 1 aliphatic rings. The van der Waals surface area contributed by atoms with E-state index in [9.17, 15) is 4.79 Å². The first-order valence-electron chi connectivity index (χ1n) is 2.91. The third-order valence-electron chi connectivity index (χ3n) is 1.27. The van der Waals surface area contributed by atoms with E-state index in [4.69, 9.17) is 10.8 Å². The second kappa shape index (κ2) is 2.33. The van der Waals surface area contributed by atoms with Crippen molar-refractivity contribution >= 4 is 5.91 Å². The Hall–Kier alpha value is -0.610. The van der Waals surface area contributed by atoms with Crippen molar-refractivity contribution in [3.05, 3.63) is 0 Å². The van der Waals surface area contributed by atoms with Gasteiger partial charge in [-0.15, -0.1) is 0 Å². The summed E-state index contributed by atoms with van der Waals surface area (Å²) in [7, 11) is 0. The molecule has 52 valence electrons. The van der Waals surface area contributed by atoms with Crippen molar-refractivity contribution in [1.29, 1.82) is 0 Å². The molecule has 0 aromatic rings. The number of amides is 1. The van der Waals surface area contributed by atoms with E-state index in [1.165, 1.54) is 0 Å². The third kappa shape index (κ3) is 1.40. The molecule has 1 atom stereocenters. The van der Waals surface area contributed by atoms with Crippen LogP contribution in [0.5, 0.6) is 0 Å². The first-order valence-corrected chi connectivity index (χ1v) is 2.91. The lowest BCUT2D eigenvalue weighted by molar-refractivity contribution is -0.127. The number of aliphatic hydroxyl groups excluding tert-OH is 1. The zero-order valence-corrected chi connectivity index (χ0v) is 5.08. The van der Waals surface area contributed by atoms with Crippen molar-refractivity contribution in [2.24, 2.45) is 5.73 Å². The van der Waals surface area contributed by atoms with Gasteiger partial charge >= 0.3 is 0 Å². The van der Waals surface area contributed by atoms with Gasteiger partial charge in [0.15, 0.2) is 0 Å². The van der Waals surface area contributed by atoms with Crippen LogP contribution in [0.15, 0.2) is 0 Å². The fourth-order valence-electron chi connectivity index (χ4n) is 0.583. The lowest BCUT2D eigenvalue weighted by atomic mass is 10.3. The highest BCUT2D eigenvalue weighted by atomic mass is 16.3. The number of hydrogen-bond acceptors (Lipinski definition) is 3. The van der Waals surface area contributed by atoms with Crippen LogP contribution < -0.4 is 5.73 Å². The lowest BCUT2D eigenvalue weighted by Crippen LogP contribution is -2.38. The standard InChI is InChI=1S/C5H10N2O2/c6-4(3-8)5(9)7-1-2-7/h4,8H,1-3,6H2. The minimum absolute atomic E-state index is 0.141. The Balaban J connectivity index is 2.31. The van der Waals surface area contributed by atoms with Crippen LogP contribution in [0.1, 0.15) is 0 Å². The first kappa shape index (κ1) is 6.51. The van der Waals surface area contributed by atoms with Crippen molar-refractivity contribution in [2.45, 2.75) is 6.04 Å². The molecule has 4 nitrogen and oxygen atoms in total. The van der Waals surface area contributed by atoms with E-state index in [1.807, 2.05) is 0 Å². The Morgan fingerprint density at radius 3 is 2.67 bits per heavy atom. The van der Waals surface area contributed by atoms with Gasteiger partial charge in [-0.05, 0) is 0 Å². The van der Waals surface area contributed by atoms with Gasteiger partial charge < -0.3 is 15.7 Å². The molecule has 0 radical (unpaired) electrons. The summed E-state index contributed by atoms with van der Waals surface area (Å²) in [6, 6.07) is -0.701. The smallest absolute Gasteiger partial charge is 0.241 e. The molecule has 1 saturated heterocycles. The van der Waals surface area contributed by atoms with E-state index in [0.717, 1.165) is 13.1 Å². The summed E-state index contributed by atoms with van der Waals surface area (Å²) in [5.41, 5.74) is 5.22. The van der Waals surface area contributed by atoms with Crippen LogP contribution in [0.3, 0.4) is 0 Å². The zero-order chi connectivity index (χ0) is 6.85. The monoisotopic (exact) mass is 130 g/mol. The average Bonchev–Trinajstić information content (AvgIpc) is 2.66. The maximum absolute atomic E-state index is 10.8. The molecular formula is C5H10N2O2. The number of carbonyl (C=O) groups excluding carboxylic acids is 1. The predicted molar refractivity (Wildman–Crippen MR) is 31.6 cm³/mol. The van der Waals surface area contributed by atoms with Crippen LogP contribution in [0.4, 0.5) is 0 Å². The van der Waals surface area contributed by atoms with Crippen molar-refractivity contribution in [3.63, 3.8) is 0 Å². The fraction of sp³-hybridized carbons (Fsp3) is 0.800. The van der Waals surface area contributed by atoms with Gasteiger partial charge in [0.1, 0.15) is 6.04 Å². The first-order chi connectivity index (χ1) is 4.25. The average molecular weight is 130 g/mol. The van der Waals surface area contributed by atoms with Crippen LogP contribution in [0.2, 0.25) is 0 Å². The summed E-state index contributed by atoms with van der Waals surface area (Å²) in [6.07, 6.45) is 0. The fourth-order valence-corrected chi connectivity index (χ4v) is 0.583. The van der Waals surface area contributed by atoms with Crippen molar-refractivity contribution < 1.29 is 9.90 Å². The van der Waals surface area contributed by atoms with Crippen LogP contribution in [-0.2, 0) is 4.79 Å². The van der Waals surface area contributed by atoms with Crippen LogP contribution in [0.25, 0.3) is 0 Å². The molecule has 0 aromatic carbocycles. The van der Waals surface area contributed by atoms with E-state index in [-0.39, 0.29) is 12.5 Å². The van der Waals surface area contributed by atoms with Gasteiger partial charge in [0.2, 0.25) is 5.91 Å². The molecule has 1 aliphatic heterocycles. The van der Waals surface area contributed by atoms with Crippen LogP contribution in [0, 0.1) is 0 Å². The molecular weight excluding hydrogens is 120 g/mol. The summed E-state index contributed by atoms with van der Waals surface area (Å²) >= 11 is 0. The molecule has 1 fully saturated rings. The van der Waals surface area contributed by atoms with E-state index in [2.05, 4.69) is 0 Å². The highest BCUT2D eigenvalue weighted by molar-refractivity contribution is 5.83. The van der Waals surface area contributed by atoms with Gasteiger partial charge in [-0.25, -0.2) is 0 Å².